The van der Waals surface area contributed by atoms with Gasteiger partial charge in [0.25, 0.3) is 0 Å². The summed E-state index contributed by atoms with van der Waals surface area (Å²) in [7, 11) is -1.52. The second-order valence-corrected chi connectivity index (χ2v) is 10.3. The van der Waals surface area contributed by atoms with Crippen LogP contribution in [0, 0.1) is 6.92 Å². The van der Waals surface area contributed by atoms with Gasteiger partial charge in [0.1, 0.15) is 0 Å². The van der Waals surface area contributed by atoms with Crippen LogP contribution in [0.25, 0.3) is 0 Å². The predicted octanol–water partition coefficient (Wildman–Crippen LogP) is 3.27. The van der Waals surface area contributed by atoms with E-state index in [4.69, 9.17) is 5.73 Å². The van der Waals surface area contributed by atoms with Crippen LogP contribution < -0.4 is 10.9 Å². The number of aryl methyl sites for hydroxylation is 1. The average molecular weight is 255 g/mol. The molecule has 0 saturated carbocycles. The molecule has 0 radical (unpaired) electrons. The molecule has 2 aromatic rings. The van der Waals surface area contributed by atoms with Gasteiger partial charge in [-0.2, -0.15) is 0 Å². The molecule has 2 rings (SSSR count). The Morgan fingerprint density at radius 1 is 1.00 bits per heavy atom. The molecule has 2 heteroatoms. The van der Waals surface area contributed by atoms with Crippen molar-refractivity contribution in [2.45, 2.75) is 26.1 Å². The summed E-state index contributed by atoms with van der Waals surface area (Å²) < 4.78 is 0. The minimum atomic E-state index is -1.52. The zero-order valence-corrected chi connectivity index (χ0v) is 12.4. The summed E-state index contributed by atoms with van der Waals surface area (Å²) in [5.41, 5.74) is 9.83. The van der Waals surface area contributed by atoms with Crippen molar-refractivity contribution in [3.05, 3.63) is 59.7 Å². The Morgan fingerprint density at radius 3 is 2.33 bits per heavy atom. The number of nitrogens with two attached hydrogens (primary N) is 1. The topological polar surface area (TPSA) is 26.0 Å². The highest BCUT2D eigenvalue weighted by Gasteiger charge is 2.25. The number of benzene rings is 2. The molecule has 0 aliphatic heterocycles. The van der Waals surface area contributed by atoms with Crippen LogP contribution in [0.15, 0.2) is 48.5 Å². The second kappa shape index (κ2) is 4.98. The van der Waals surface area contributed by atoms with Crippen molar-refractivity contribution >= 4 is 18.9 Å². The number of nitrogen functional groups attached to an aromatic ring is 1. The Labute approximate surface area is 111 Å². The van der Waals surface area contributed by atoms with E-state index in [2.05, 4.69) is 62.5 Å². The molecule has 0 aliphatic carbocycles. The molecule has 0 aliphatic rings. The first-order valence-corrected chi connectivity index (χ1v) is 9.60. The highest BCUT2D eigenvalue weighted by Crippen LogP contribution is 2.16. The summed E-state index contributed by atoms with van der Waals surface area (Å²) in [5, 5.41) is 1.38. The SMILES string of the molecule is Cc1ccc(N)c([Si](C)(C)Cc2ccccc2)c1. The van der Waals surface area contributed by atoms with E-state index in [1.807, 2.05) is 6.07 Å². The van der Waals surface area contributed by atoms with E-state index in [0.29, 0.717) is 0 Å². The van der Waals surface area contributed by atoms with Crippen LogP contribution in [-0.2, 0) is 6.04 Å². The zero-order valence-electron chi connectivity index (χ0n) is 11.4. The van der Waals surface area contributed by atoms with Crippen LogP contribution in [0.1, 0.15) is 11.1 Å². The van der Waals surface area contributed by atoms with E-state index in [-0.39, 0.29) is 0 Å². The summed E-state index contributed by atoms with van der Waals surface area (Å²) in [6, 6.07) is 18.3. The van der Waals surface area contributed by atoms with Gasteiger partial charge >= 0.3 is 0 Å². The summed E-state index contributed by atoms with van der Waals surface area (Å²) in [6.45, 7) is 6.92. The molecule has 2 aromatic carbocycles. The molecule has 0 heterocycles. The van der Waals surface area contributed by atoms with Gasteiger partial charge in [0.2, 0.25) is 0 Å². The molecule has 18 heavy (non-hydrogen) atoms. The summed E-state index contributed by atoms with van der Waals surface area (Å²) in [6.07, 6.45) is 0. The van der Waals surface area contributed by atoms with Crippen LogP contribution in [0.4, 0.5) is 5.69 Å². The molecule has 1 nitrogen and oxygen atoms in total. The molecule has 0 saturated heterocycles. The summed E-state index contributed by atoms with van der Waals surface area (Å²) >= 11 is 0. The molecular formula is C16H21NSi. The molecule has 2 N–H and O–H groups in total. The maximum absolute atomic E-state index is 6.16. The molecule has 0 bridgehead atoms. The molecule has 0 unspecified atom stereocenters. The second-order valence-electron chi connectivity index (χ2n) is 5.64. The van der Waals surface area contributed by atoms with E-state index < -0.39 is 8.07 Å². The average Bonchev–Trinajstić information content (AvgIpc) is 2.33. The van der Waals surface area contributed by atoms with Crippen molar-refractivity contribution in [2.24, 2.45) is 0 Å². The highest BCUT2D eigenvalue weighted by molar-refractivity contribution is 6.90. The van der Waals surface area contributed by atoms with Crippen LogP contribution >= 0.6 is 0 Å². The van der Waals surface area contributed by atoms with Crippen LogP contribution in [0.2, 0.25) is 13.1 Å². The first kappa shape index (κ1) is 12.9. The van der Waals surface area contributed by atoms with Crippen molar-refractivity contribution in [1.29, 1.82) is 0 Å². The Bertz CT molecular complexity index is 532. The largest absolute Gasteiger partial charge is 0.399 e. The molecule has 94 valence electrons. The quantitative estimate of drug-likeness (QED) is 0.661. The molecule has 0 atom stereocenters. The lowest BCUT2D eigenvalue weighted by atomic mass is 10.2. The van der Waals surface area contributed by atoms with E-state index in [1.165, 1.54) is 16.3 Å². The predicted molar refractivity (Wildman–Crippen MR) is 82.9 cm³/mol. The third-order valence-electron chi connectivity index (χ3n) is 3.43. The zero-order chi connectivity index (χ0) is 13.2. The van der Waals surface area contributed by atoms with Crippen LogP contribution in [0.5, 0.6) is 0 Å². The maximum atomic E-state index is 6.16. The van der Waals surface area contributed by atoms with Crippen molar-refractivity contribution in [2.75, 3.05) is 5.73 Å². The van der Waals surface area contributed by atoms with Gasteiger partial charge in [-0.1, -0.05) is 66.7 Å². The van der Waals surface area contributed by atoms with E-state index >= 15 is 0 Å². The summed E-state index contributed by atoms with van der Waals surface area (Å²) in [5.74, 6) is 0. The van der Waals surface area contributed by atoms with Crippen molar-refractivity contribution in [3.63, 3.8) is 0 Å². The van der Waals surface area contributed by atoms with Gasteiger partial charge in [0, 0.05) is 5.69 Å². The standard InChI is InChI=1S/C16H21NSi/c1-13-9-10-15(17)16(11-13)18(2,3)12-14-7-5-4-6-8-14/h4-11H,12,17H2,1-3H3. The maximum Gasteiger partial charge on any atom is 0.0876 e. The van der Waals surface area contributed by atoms with Gasteiger partial charge in [0.15, 0.2) is 0 Å². The van der Waals surface area contributed by atoms with Gasteiger partial charge in [-0.15, -0.1) is 0 Å². The molecule has 0 fully saturated rings. The lowest BCUT2D eigenvalue weighted by Crippen LogP contribution is -2.45. The normalized spacial score (nSPS) is 11.5. The third-order valence-corrected chi connectivity index (χ3v) is 6.61. The van der Waals surface area contributed by atoms with Crippen LogP contribution in [-0.4, -0.2) is 8.07 Å². The van der Waals surface area contributed by atoms with Gasteiger partial charge in [-0.05, 0) is 24.2 Å². The van der Waals surface area contributed by atoms with Gasteiger partial charge in [-0.25, -0.2) is 0 Å². The minimum Gasteiger partial charge on any atom is -0.399 e. The molecule has 0 amide bonds. The Hall–Kier alpha value is -1.54. The Balaban J connectivity index is 2.33. The number of rotatable bonds is 3. The van der Waals surface area contributed by atoms with Gasteiger partial charge in [0.05, 0.1) is 8.07 Å². The molecular weight excluding hydrogens is 234 g/mol. The first-order valence-electron chi connectivity index (χ1n) is 6.39. The molecule has 0 aromatic heterocycles. The van der Waals surface area contributed by atoms with Crippen molar-refractivity contribution in [1.82, 2.24) is 0 Å². The fourth-order valence-corrected chi connectivity index (χ4v) is 5.39. The number of hydrogen-bond donors (Lipinski definition) is 1. The highest BCUT2D eigenvalue weighted by atomic mass is 28.3. The first-order chi connectivity index (χ1) is 8.49. The Morgan fingerprint density at radius 2 is 1.67 bits per heavy atom. The minimum absolute atomic E-state index is 0.952. The van der Waals surface area contributed by atoms with Crippen molar-refractivity contribution < 1.29 is 0 Å². The van der Waals surface area contributed by atoms with E-state index in [1.54, 1.807) is 0 Å². The van der Waals surface area contributed by atoms with Gasteiger partial charge < -0.3 is 5.73 Å². The summed E-state index contributed by atoms with van der Waals surface area (Å²) in [4.78, 5) is 0. The molecule has 0 spiro atoms. The monoisotopic (exact) mass is 255 g/mol. The van der Waals surface area contributed by atoms with E-state index in [9.17, 15) is 0 Å². The fraction of sp³-hybridized carbons (Fsp3) is 0.250. The fourth-order valence-electron chi connectivity index (χ4n) is 2.46. The van der Waals surface area contributed by atoms with Crippen molar-refractivity contribution in [3.8, 4) is 0 Å². The Kier molecular flexibility index (Phi) is 3.57. The lowest BCUT2D eigenvalue weighted by molar-refractivity contribution is 1.32. The third kappa shape index (κ3) is 2.82. The number of anilines is 1. The van der Waals surface area contributed by atoms with Crippen LogP contribution in [0.3, 0.4) is 0 Å². The van der Waals surface area contributed by atoms with Gasteiger partial charge in [-0.3, -0.25) is 0 Å². The lowest BCUT2D eigenvalue weighted by Gasteiger charge is -2.25. The smallest absolute Gasteiger partial charge is 0.0876 e. The van der Waals surface area contributed by atoms with E-state index in [0.717, 1.165) is 11.7 Å². The number of hydrogen-bond acceptors (Lipinski definition) is 1.